The Kier molecular flexibility index (Phi) is 19.4. The lowest BCUT2D eigenvalue weighted by atomic mass is 9.76. The van der Waals surface area contributed by atoms with Gasteiger partial charge in [0, 0.05) is 16.9 Å². The Bertz CT molecular complexity index is 1420. The number of unbranched alkanes of at least 4 members (excludes halogenated alkanes) is 2. The van der Waals surface area contributed by atoms with Gasteiger partial charge in [0.1, 0.15) is 25.6 Å². The summed E-state index contributed by atoms with van der Waals surface area (Å²) in [5.41, 5.74) is 7.23. The Hall–Kier alpha value is -2.29. The summed E-state index contributed by atoms with van der Waals surface area (Å²) in [4.78, 5) is 24.9. The Morgan fingerprint density at radius 3 is 1.83 bits per heavy atom. The van der Waals surface area contributed by atoms with Crippen molar-refractivity contribution in [2.45, 2.75) is 117 Å². The standard InChI is InChI=1S/C44H64O5S3/c1-7-9-10-13-33-16-18-35(19-17-33)36-20-21-40(34(8-2)24-36)39-25-37(14-11-22-50)41(38(26-39)15-12-23-51)47-27-44(30-52,28-48-42(45)31(3)4)29-49-43(46)32(5)6/h20-21,24-26,33,35,50-52H,3,5,7-19,22-23,27-30H2,1-2,4,6H3. The van der Waals surface area contributed by atoms with E-state index in [1.165, 1.54) is 73.6 Å². The first-order valence-corrected chi connectivity index (χ1v) is 21.3. The molecule has 1 aliphatic carbocycles. The van der Waals surface area contributed by atoms with Crippen LogP contribution < -0.4 is 4.74 Å². The maximum atomic E-state index is 12.4. The molecule has 0 unspecified atom stereocenters. The second kappa shape index (κ2) is 22.8. The lowest BCUT2D eigenvalue weighted by molar-refractivity contribution is -0.149. The number of hydrogen-bond acceptors (Lipinski definition) is 8. The van der Waals surface area contributed by atoms with Gasteiger partial charge in [0.2, 0.25) is 0 Å². The minimum Gasteiger partial charge on any atom is -0.492 e. The Labute approximate surface area is 331 Å². The highest BCUT2D eigenvalue weighted by atomic mass is 32.1. The first kappa shape index (κ1) is 44.1. The van der Waals surface area contributed by atoms with E-state index in [0.29, 0.717) is 5.92 Å². The van der Waals surface area contributed by atoms with Gasteiger partial charge in [-0.15, -0.1) is 0 Å². The van der Waals surface area contributed by atoms with E-state index in [2.05, 4.69) is 95.2 Å². The molecule has 2 aromatic carbocycles. The molecule has 2 aromatic rings. The number of rotatable bonds is 23. The highest BCUT2D eigenvalue weighted by Gasteiger charge is 2.35. The molecule has 0 atom stereocenters. The predicted molar refractivity (Wildman–Crippen MR) is 228 cm³/mol. The van der Waals surface area contributed by atoms with Gasteiger partial charge in [-0.25, -0.2) is 9.59 Å². The summed E-state index contributed by atoms with van der Waals surface area (Å²) in [6, 6.07) is 11.8. The van der Waals surface area contributed by atoms with E-state index < -0.39 is 17.4 Å². The lowest BCUT2D eigenvalue weighted by Gasteiger charge is -2.32. The SMILES string of the molecule is C=C(C)C(=O)OCC(CS)(COC(=O)C(=C)C)COc1c(CCCS)cc(-c2ccc(C3CCC(CCCCC)CC3)cc2CC)cc1CCCS. The fourth-order valence-electron chi connectivity index (χ4n) is 7.09. The first-order chi connectivity index (χ1) is 25.0. The molecule has 0 N–H and O–H groups in total. The van der Waals surface area contributed by atoms with Crippen LogP contribution in [0, 0.1) is 11.3 Å². The van der Waals surface area contributed by atoms with Gasteiger partial charge >= 0.3 is 11.9 Å². The van der Waals surface area contributed by atoms with E-state index in [0.717, 1.165) is 66.4 Å². The average molecular weight is 769 g/mol. The van der Waals surface area contributed by atoms with Gasteiger partial charge in [-0.3, -0.25) is 0 Å². The molecule has 288 valence electrons. The number of carbonyl (C=O) groups is 2. The lowest BCUT2D eigenvalue weighted by Crippen LogP contribution is -2.42. The molecule has 0 bridgehead atoms. The zero-order valence-electron chi connectivity index (χ0n) is 32.3. The van der Waals surface area contributed by atoms with Gasteiger partial charge in [0.05, 0.1) is 5.41 Å². The van der Waals surface area contributed by atoms with Crippen molar-refractivity contribution in [1.29, 1.82) is 0 Å². The molecule has 1 saturated carbocycles. The van der Waals surface area contributed by atoms with Crippen LogP contribution in [0.15, 0.2) is 54.6 Å². The molecular formula is C44H64O5S3. The molecule has 8 heteroatoms. The number of carbonyl (C=O) groups excluding carboxylic acids is 2. The Morgan fingerprint density at radius 1 is 0.769 bits per heavy atom. The van der Waals surface area contributed by atoms with E-state index >= 15 is 0 Å². The largest absolute Gasteiger partial charge is 0.492 e. The van der Waals surface area contributed by atoms with Gasteiger partial charge in [-0.05, 0) is 140 Å². The smallest absolute Gasteiger partial charge is 0.333 e. The van der Waals surface area contributed by atoms with Gasteiger partial charge in [0.15, 0.2) is 0 Å². The summed E-state index contributed by atoms with van der Waals surface area (Å²) < 4.78 is 18.0. The summed E-state index contributed by atoms with van der Waals surface area (Å²) >= 11 is 13.7. The first-order valence-electron chi connectivity index (χ1n) is 19.4. The molecule has 0 saturated heterocycles. The fraction of sp³-hybridized carbons (Fsp3) is 0.591. The summed E-state index contributed by atoms with van der Waals surface area (Å²) in [6.07, 6.45) is 15.0. The van der Waals surface area contributed by atoms with Crippen molar-refractivity contribution < 1.29 is 23.8 Å². The number of ether oxygens (including phenoxy) is 3. The highest BCUT2D eigenvalue weighted by Crippen LogP contribution is 2.41. The Balaban J connectivity index is 1.97. The zero-order valence-corrected chi connectivity index (χ0v) is 35.0. The fourth-order valence-corrected chi connectivity index (χ4v) is 7.68. The quantitative estimate of drug-likeness (QED) is 0.0455. The summed E-state index contributed by atoms with van der Waals surface area (Å²) in [5.74, 6) is 3.09. The van der Waals surface area contributed by atoms with Crippen LogP contribution in [0.3, 0.4) is 0 Å². The van der Waals surface area contributed by atoms with Crippen LogP contribution in [0.2, 0.25) is 0 Å². The molecule has 0 amide bonds. The van der Waals surface area contributed by atoms with Gasteiger partial charge in [-0.2, -0.15) is 37.9 Å². The van der Waals surface area contributed by atoms with Crippen molar-refractivity contribution in [3.63, 3.8) is 0 Å². The van der Waals surface area contributed by atoms with Gasteiger partial charge < -0.3 is 14.2 Å². The molecule has 0 heterocycles. The van der Waals surface area contributed by atoms with E-state index in [4.69, 9.17) is 14.2 Å². The number of esters is 2. The van der Waals surface area contributed by atoms with Crippen LogP contribution in [-0.2, 0) is 38.3 Å². The second-order valence-electron chi connectivity index (χ2n) is 14.9. The zero-order chi connectivity index (χ0) is 38.1. The predicted octanol–water partition coefficient (Wildman–Crippen LogP) is 11.0. The maximum absolute atomic E-state index is 12.4. The van der Waals surface area contributed by atoms with E-state index in [1.54, 1.807) is 13.8 Å². The molecule has 0 aliphatic heterocycles. The van der Waals surface area contributed by atoms with Crippen molar-refractivity contribution in [2.24, 2.45) is 11.3 Å². The third kappa shape index (κ3) is 13.2. The molecule has 0 spiro atoms. The van der Waals surface area contributed by atoms with Crippen molar-refractivity contribution in [3.05, 3.63) is 76.9 Å². The summed E-state index contributed by atoms with van der Waals surface area (Å²) in [5, 5.41) is 0. The summed E-state index contributed by atoms with van der Waals surface area (Å²) in [6.45, 7) is 15.2. The maximum Gasteiger partial charge on any atom is 0.333 e. The minimum atomic E-state index is -0.903. The van der Waals surface area contributed by atoms with E-state index in [9.17, 15) is 9.59 Å². The van der Waals surface area contributed by atoms with Crippen LogP contribution >= 0.6 is 37.9 Å². The van der Waals surface area contributed by atoms with Crippen molar-refractivity contribution in [2.75, 3.05) is 37.1 Å². The second-order valence-corrected chi connectivity index (χ2v) is 16.1. The average Bonchev–Trinajstić information content (AvgIpc) is 3.15. The number of benzene rings is 2. The van der Waals surface area contributed by atoms with Crippen LogP contribution in [0.1, 0.15) is 120 Å². The molecule has 52 heavy (non-hydrogen) atoms. The molecule has 5 nitrogen and oxygen atoms in total. The van der Waals surface area contributed by atoms with E-state index in [1.807, 2.05) is 0 Å². The van der Waals surface area contributed by atoms with Crippen molar-refractivity contribution >= 4 is 49.8 Å². The van der Waals surface area contributed by atoms with Crippen LogP contribution in [0.4, 0.5) is 0 Å². The molecule has 0 radical (unpaired) electrons. The van der Waals surface area contributed by atoms with E-state index in [-0.39, 0.29) is 36.7 Å². The third-order valence-corrected chi connectivity index (χ3v) is 11.7. The minimum absolute atomic E-state index is 0.0472. The van der Waals surface area contributed by atoms with Crippen molar-refractivity contribution in [1.82, 2.24) is 0 Å². The topological polar surface area (TPSA) is 61.8 Å². The highest BCUT2D eigenvalue weighted by molar-refractivity contribution is 7.80. The number of hydrogen-bond donors (Lipinski definition) is 3. The molecule has 1 aliphatic rings. The monoisotopic (exact) mass is 768 g/mol. The molecule has 0 aromatic heterocycles. The van der Waals surface area contributed by atoms with Crippen molar-refractivity contribution in [3.8, 4) is 16.9 Å². The van der Waals surface area contributed by atoms with Gasteiger partial charge in [0.25, 0.3) is 0 Å². The molecule has 1 fully saturated rings. The van der Waals surface area contributed by atoms with Gasteiger partial charge in [-0.1, -0.05) is 70.9 Å². The number of thiol groups is 3. The van der Waals surface area contributed by atoms with Crippen LogP contribution in [-0.4, -0.2) is 49.0 Å². The normalized spacial score (nSPS) is 16.0. The van der Waals surface area contributed by atoms with Crippen LogP contribution in [0.25, 0.3) is 11.1 Å². The number of aryl methyl sites for hydroxylation is 3. The van der Waals surface area contributed by atoms with Crippen LogP contribution in [0.5, 0.6) is 5.75 Å². The Morgan fingerprint density at radius 2 is 1.35 bits per heavy atom. The third-order valence-electron chi connectivity index (χ3n) is 10.4. The molecular weight excluding hydrogens is 705 g/mol. The summed E-state index contributed by atoms with van der Waals surface area (Å²) in [7, 11) is 0. The molecule has 3 rings (SSSR count).